The lowest BCUT2D eigenvalue weighted by atomic mass is 10.1. The fourth-order valence-electron chi connectivity index (χ4n) is 6.64. The van der Waals surface area contributed by atoms with Crippen molar-refractivity contribution in [3.8, 4) is 34.5 Å². The molecule has 0 fully saturated rings. The van der Waals surface area contributed by atoms with Crippen LogP contribution < -0.4 is 28.4 Å². The molecule has 0 saturated carbocycles. The molecule has 4 unspecified atom stereocenters. The number of rotatable bonds is 24. The molecule has 0 radical (unpaired) electrons. The molecule has 428 valence electrons. The van der Waals surface area contributed by atoms with Gasteiger partial charge in [0.2, 0.25) is 0 Å². The van der Waals surface area contributed by atoms with Gasteiger partial charge >= 0.3 is 47.8 Å². The lowest BCUT2D eigenvalue weighted by molar-refractivity contribution is -0.147. The number of carbonyl (C=O) groups is 8. The maximum atomic E-state index is 11.5. The highest BCUT2D eigenvalue weighted by Crippen LogP contribution is 2.34. The van der Waals surface area contributed by atoms with Crippen molar-refractivity contribution in [2.75, 3.05) is 70.1 Å². The summed E-state index contributed by atoms with van der Waals surface area (Å²) in [6.45, 7) is 9.47. The lowest BCUT2D eigenvalue weighted by Gasteiger charge is -2.17. The van der Waals surface area contributed by atoms with Gasteiger partial charge in [0.05, 0.1) is 91.8 Å². The van der Waals surface area contributed by atoms with Crippen molar-refractivity contribution in [1.82, 2.24) is 0 Å². The van der Waals surface area contributed by atoms with Crippen LogP contribution in [-0.2, 0) is 76.3 Å². The second-order valence-electron chi connectivity index (χ2n) is 15.8. The third-order valence-electron chi connectivity index (χ3n) is 10.3. The zero-order chi connectivity index (χ0) is 58.7. The number of carbonyl (C=O) groups excluding carboxylic acids is 8. The fourth-order valence-corrected chi connectivity index (χ4v) is 6.64. The van der Waals surface area contributed by atoms with Gasteiger partial charge in [-0.05, 0) is 84.6 Å². The number of benzene rings is 4. The molecule has 0 spiro atoms. The second-order valence-corrected chi connectivity index (χ2v) is 15.8. The zero-order valence-corrected chi connectivity index (χ0v) is 46.6. The normalized spacial score (nSPS) is 11.7. The Kier molecular flexibility index (Phi) is 33.0. The van der Waals surface area contributed by atoms with Gasteiger partial charge in [0.1, 0.15) is 11.5 Å². The molecular weight excluding hydrogens is 1020 g/mol. The highest BCUT2D eigenvalue weighted by Gasteiger charge is 2.21. The summed E-state index contributed by atoms with van der Waals surface area (Å²) >= 11 is 0. The van der Waals surface area contributed by atoms with Gasteiger partial charge in [0, 0.05) is 56.1 Å². The van der Waals surface area contributed by atoms with Crippen molar-refractivity contribution >= 4 is 47.8 Å². The second kappa shape index (κ2) is 37.8. The van der Waals surface area contributed by atoms with E-state index in [2.05, 4.69) is 9.47 Å². The van der Waals surface area contributed by atoms with Crippen molar-refractivity contribution in [1.29, 1.82) is 0 Å². The van der Waals surface area contributed by atoms with Gasteiger partial charge in [-0.3, -0.25) is 38.4 Å². The third-order valence-corrected chi connectivity index (χ3v) is 10.3. The van der Waals surface area contributed by atoms with E-state index in [9.17, 15) is 38.4 Å². The van der Waals surface area contributed by atoms with Gasteiger partial charge in [0.15, 0.2) is 23.0 Å². The molecule has 0 heterocycles. The third kappa shape index (κ3) is 26.2. The van der Waals surface area contributed by atoms with Crippen LogP contribution in [0.25, 0.3) is 0 Å². The topological polar surface area (TPSA) is 266 Å². The van der Waals surface area contributed by atoms with Gasteiger partial charge < -0.3 is 66.3 Å². The van der Waals surface area contributed by atoms with Crippen LogP contribution in [0.2, 0.25) is 0 Å². The van der Waals surface area contributed by atoms with Crippen molar-refractivity contribution < 1.29 is 105 Å². The summed E-state index contributed by atoms with van der Waals surface area (Å²) in [5.41, 5.74) is 3.11. The maximum absolute atomic E-state index is 11.5. The number of hydrogen-bond acceptors (Lipinski definition) is 22. The molecule has 4 rings (SSSR count). The Labute approximate surface area is 454 Å². The minimum absolute atomic E-state index is 0.0864. The van der Waals surface area contributed by atoms with E-state index in [1.54, 1.807) is 98.8 Å². The van der Waals surface area contributed by atoms with Crippen LogP contribution in [0.4, 0.5) is 0 Å². The first-order valence-corrected chi connectivity index (χ1v) is 24.0. The Morgan fingerprint density at radius 2 is 0.615 bits per heavy atom. The molecule has 0 aliphatic carbocycles. The van der Waals surface area contributed by atoms with Crippen molar-refractivity contribution in [2.24, 2.45) is 0 Å². The Hall–Kier alpha value is -7.92. The number of esters is 8. The van der Waals surface area contributed by atoms with E-state index in [0.717, 1.165) is 22.3 Å². The summed E-state index contributed by atoms with van der Waals surface area (Å²) in [5, 5.41) is 0. The van der Waals surface area contributed by atoms with E-state index in [1.807, 2.05) is 0 Å². The van der Waals surface area contributed by atoms with Crippen LogP contribution in [0.15, 0.2) is 84.9 Å². The molecule has 4 atom stereocenters. The average molecular weight is 1100 g/mol. The van der Waals surface area contributed by atoms with Crippen LogP contribution in [0.3, 0.4) is 0 Å². The first-order valence-electron chi connectivity index (χ1n) is 24.0. The smallest absolute Gasteiger partial charge is 0.308 e. The van der Waals surface area contributed by atoms with Crippen molar-refractivity contribution in [2.45, 2.75) is 91.6 Å². The Morgan fingerprint density at radius 1 is 0.346 bits per heavy atom. The summed E-state index contributed by atoms with van der Waals surface area (Å²) in [7, 11) is 11.7. The number of ether oxygens (including phenoxy) is 14. The Balaban J connectivity index is 0.000000521. The van der Waals surface area contributed by atoms with Gasteiger partial charge in [-0.2, -0.15) is 0 Å². The molecule has 4 aromatic rings. The lowest BCUT2D eigenvalue weighted by Crippen LogP contribution is -2.12. The summed E-state index contributed by atoms with van der Waals surface area (Å²) < 4.78 is 70.3. The van der Waals surface area contributed by atoms with Gasteiger partial charge in [0.25, 0.3) is 0 Å². The highest BCUT2D eigenvalue weighted by atomic mass is 16.6. The van der Waals surface area contributed by atoms with Crippen LogP contribution in [0, 0.1) is 0 Å². The van der Waals surface area contributed by atoms with Gasteiger partial charge in [-0.1, -0.05) is 36.4 Å². The van der Waals surface area contributed by atoms with Crippen LogP contribution in [-0.4, -0.2) is 118 Å². The largest absolute Gasteiger partial charge is 0.493 e. The highest BCUT2D eigenvalue weighted by molar-refractivity contribution is 5.74. The van der Waals surface area contributed by atoms with E-state index in [0.29, 0.717) is 47.7 Å². The molecular formula is C56H72O22. The minimum atomic E-state index is -0.456. The van der Waals surface area contributed by atoms with E-state index < -0.39 is 24.1 Å². The standard InChI is InChI=1S/C15H20O6.C14H18O6.C14H18O5.C13H16O5/c1-5-20-15(17)9-13(18-3)11-6-7-12(21-10(2)16)14(8-11)19-4;1-9(15)20-11-6-5-10(7-13(11)18-3)12(17-2)8-14(16)19-4;1-4-18-14(16)9-13(17-3)11-5-7-12(8-6-11)19-10(2)15;1-9(14)18-11-6-4-10(5-7-11)12(16-2)8-13(15)17-3/h6-8,13H,5,9H2,1-4H3;5-7,12H,8H2,1-4H3;5-8,13H,4,9H2,1-3H3;4-7,12H,8H2,1-3H3. The molecule has 0 saturated heterocycles. The predicted molar refractivity (Wildman–Crippen MR) is 279 cm³/mol. The molecule has 4 aromatic carbocycles. The molecule has 0 aliphatic rings. The Morgan fingerprint density at radius 3 is 0.859 bits per heavy atom. The van der Waals surface area contributed by atoms with E-state index >= 15 is 0 Å². The van der Waals surface area contributed by atoms with Crippen LogP contribution >= 0.6 is 0 Å². The molecule has 0 aromatic heterocycles. The van der Waals surface area contributed by atoms with Gasteiger partial charge in [-0.15, -0.1) is 0 Å². The van der Waals surface area contributed by atoms with Crippen LogP contribution in [0.1, 0.15) is 114 Å². The van der Waals surface area contributed by atoms with Crippen molar-refractivity contribution in [3.05, 3.63) is 107 Å². The molecule has 0 N–H and O–H groups in total. The van der Waals surface area contributed by atoms with E-state index in [1.165, 1.54) is 84.6 Å². The molecule has 0 bridgehead atoms. The zero-order valence-electron chi connectivity index (χ0n) is 46.6. The molecule has 78 heavy (non-hydrogen) atoms. The maximum Gasteiger partial charge on any atom is 0.308 e. The molecule has 0 aliphatic heterocycles. The SMILES string of the molecule is CCOC(=O)CC(OC)c1ccc(OC(C)=O)c(OC)c1.CCOC(=O)CC(OC)c1ccc(OC(C)=O)cc1.COC(=O)CC(OC)c1ccc(OC(C)=O)c(OC)c1.COC(=O)CC(OC)c1ccc(OC(C)=O)cc1. The predicted octanol–water partition coefficient (Wildman–Crippen LogP) is 8.25. The first-order chi connectivity index (χ1) is 37.1. The van der Waals surface area contributed by atoms with Gasteiger partial charge in [-0.25, -0.2) is 0 Å². The molecule has 22 heteroatoms. The summed E-state index contributed by atoms with van der Waals surface area (Å²) in [6, 6.07) is 23.6. The van der Waals surface area contributed by atoms with E-state index in [4.69, 9.17) is 56.8 Å². The first kappa shape index (κ1) is 68.1. The van der Waals surface area contributed by atoms with Crippen molar-refractivity contribution in [3.63, 3.8) is 0 Å². The fraction of sp³-hybridized carbons (Fsp3) is 0.429. The molecule has 22 nitrogen and oxygen atoms in total. The quantitative estimate of drug-likeness (QED) is 0.0363. The monoisotopic (exact) mass is 1100 g/mol. The van der Waals surface area contributed by atoms with Crippen LogP contribution in [0.5, 0.6) is 34.5 Å². The minimum Gasteiger partial charge on any atom is -0.493 e. The average Bonchev–Trinajstić information content (AvgIpc) is 3.41. The number of hydrogen-bond donors (Lipinski definition) is 0. The summed E-state index contributed by atoms with van der Waals surface area (Å²) in [4.78, 5) is 89.0. The Bertz CT molecular complexity index is 2500. The van der Waals surface area contributed by atoms with E-state index in [-0.39, 0.29) is 73.7 Å². The number of methoxy groups -OCH3 is 8. The summed E-state index contributed by atoms with van der Waals surface area (Å²) in [5.74, 6) is -0.638. The molecule has 0 amide bonds. The summed E-state index contributed by atoms with van der Waals surface area (Å²) in [6.07, 6.45) is -1.18.